The standard InChI is InChI=1S/C28H35N7O2/c1-19-10-9-11-22(24(19)36)25(37)30-23-13-12-21(18-20(23)2)29-26-31-27(34-14-5-3-6-15-34)33-28(32-26)35-16-7-4-8-17-35/h9-13,18,36H,3-8,14-17H2,1-2H3,(H,30,37)(H,29,31,32,33). The lowest BCUT2D eigenvalue weighted by molar-refractivity contribution is 0.102. The Morgan fingerprint density at radius 2 is 1.43 bits per heavy atom. The summed E-state index contributed by atoms with van der Waals surface area (Å²) in [6, 6.07) is 10.8. The number of carbonyl (C=O) groups excluding carboxylic acids is 1. The van der Waals surface area contributed by atoms with Gasteiger partial charge >= 0.3 is 0 Å². The summed E-state index contributed by atoms with van der Waals surface area (Å²) in [5.41, 5.74) is 3.30. The summed E-state index contributed by atoms with van der Waals surface area (Å²) >= 11 is 0. The topological polar surface area (TPSA) is 107 Å². The van der Waals surface area contributed by atoms with Crippen molar-refractivity contribution < 1.29 is 9.90 Å². The molecule has 5 rings (SSSR count). The van der Waals surface area contributed by atoms with Crippen LogP contribution in [0.5, 0.6) is 5.75 Å². The first-order valence-corrected chi connectivity index (χ1v) is 13.2. The number of hydrogen-bond acceptors (Lipinski definition) is 8. The van der Waals surface area contributed by atoms with Crippen LogP contribution in [0, 0.1) is 13.8 Å². The molecule has 0 aliphatic carbocycles. The van der Waals surface area contributed by atoms with E-state index in [1.54, 1.807) is 25.1 Å². The number of carbonyl (C=O) groups is 1. The number of anilines is 5. The van der Waals surface area contributed by atoms with Gasteiger partial charge in [-0.05, 0) is 87.8 Å². The monoisotopic (exact) mass is 501 g/mol. The summed E-state index contributed by atoms with van der Waals surface area (Å²) in [6.07, 6.45) is 7.11. The maximum absolute atomic E-state index is 12.8. The van der Waals surface area contributed by atoms with Crippen LogP contribution in [-0.2, 0) is 0 Å². The number of benzene rings is 2. The van der Waals surface area contributed by atoms with Gasteiger partial charge in [0, 0.05) is 37.6 Å². The summed E-state index contributed by atoms with van der Waals surface area (Å²) in [5, 5.41) is 16.5. The summed E-state index contributed by atoms with van der Waals surface area (Å²) in [5.74, 6) is 1.64. The summed E-state index contributed by atoms with van der Waals surface area (Å²) in [7, 11) is 0. The number of aryl methyl sites for hydroxylation is 2. The molecule has 2 aromatic carbocycles. The molecule has 0 unspecified atom stereocenters. The molecule has 3 N–H and O–H groups in total. The van der Waals surface area contributed by atoms with Gasteiger partial charge in [-0.25, -0.2) is 0 Å². The molecule has 37 heavy (non-hydrogen) atoms. The molecular formula is C28H35N7O2. The molecule has 0 radical (unpaired) electrons. The summed E-state index contributed by atoms with van der Waals surface area (Å²) < 4.78 is 0. The fraction of sp³-hybridized carbons (Fsp3) is 0.429. The highest BCUT2D eigenvalue weighted by Gasteiger charge is 2.21. The van der Waals surface area contributed by atoms with Gasteiger partial charge in [0.1, 0.15) is 5.75 Å². The maximum atomic E-state index is 12.8. The van der Waals surface area contributed by atoms with Crippen LogP contribution in [-0.4, -0.2) is 52.1 Å². The van der Waals surface area contributed by atoms with E-state index in [4.69, 9.17) is 15.0 Å². The van der Waals surface area contributed by atoms with E-state index in [0.717, 1.165) is 75.0 Å². The second kappa shape index (κ2) is 11.0. The van der Waals surface area contributed by atoms with Crippen LogP contribution in [0.15, 0.2) is 36.4 Å². The highest BCUT2D eigenvalue weighted by molar-refractivity contribution is 6.06. The van der Waals surface area contributed by atoms with E-state index in [-0.39, 0.29) is 17.2 Å². The number of aromatic hydroxyl groups is 1. The minimum absolute atomic E-state index is 0.000190. The van der Waals surface area contributed by atoms with Crippen LogP contribution in [0.4, 0.5) is 29.2 Å². The van der Waals surface area contributed by atoms with E-state index >= 15 is 0 Å². The second-order valence-electron chi connectivity index (χ2n) is 9.93. The number of piperidine rings is 2. The first-order chi connectivity index (χ1) is 18.0. The minimum Gasteiger partial charge on any atom is -0.507 e. The molecule has 2 aliphatic rings. The Hall–Kier alpha value is -3.88. The van der Waals surface area contributed by atoms with Crippen molar-refractivity contribution in [1.82, 2.24) is 15.0 Å². The highest BCUT2D eigenvalue weighted by Crippen LogP contribution is 2.27. The smallest absolute Gasteiger partial charge is 0.259 e. The van der Waals surface area contributed by atoms with Gasteiger partial charge < -0.3 is 25.5 Å². The third-order valence-electron chi connectivity index (χ3n) is 7.10. The van der Waals surface area contributed by atoms with Crippen molar-refractivity contribution in [3.8, 4) is 5.75 Å². The van der Waals surface area contributed by atoms with Crippen molar-refractivity contribution in [3.05, 3.63) is 53.1 Å². The molecule has 1 amide bonds. The Labute approximate surface area is 218 Å². The number of nitrogens with one attached hydrogen (secondary N) is 2. The average Bonchev–Trinajstić information content (AvgIpc) is 2.92. The zero-order chi connectivity index (χ0) is 25.8. The maximum Gasteiger partial charge on any atom is 0.259 e. The number of hydrogen-bond donors (Lipinski definition) is 3. The molecular weight excluding hydrogens is 466 g/mol. The van der Waals surface area contributed by atoms with E-state index < -0.39 is 0 Å². The van der Waals surface area contributed by atoms with E-state index in [0.29, 0.717) is 17.2 Å². The van der Waals surface area contributed by atoms with Gasteiger partial charge in [0.2, 0.25) is 17.8 Å². The molecule has 194 valence electrons. The first kappa shape index (κ1) is 24.8. The minimum atomic E-state index is -0.347. The lowest BCUT2D eigenvalue weighted by Crippen LogP contribution is -2.34. The first-order valence-electron chi connectivity index (χ1n) is 13.2. The SMILES string of the molecule is Cc1cc(Nc2nc(N3CCCCC3)nc(N3CCCCC3)n2)ccc1NC(=O)c1cccc(C)c1O. The normalized spacial score (nSPS) is 15.9. The molecule has 0 spiro atoms. The Morgan fingerprint density at radius 3 is 2.03 bits per heavy atom. The predicted molar refractivity (Wildman–Crippen MR) is 147 cm³/mol. The molecule has 2 fully saturated rings. The van der Waals surface area contributed by atoms with E-state index in [1.165, 1.54) is 12.8 Å². The molecule has 0 saturated carbocycles. The van der Waals surface area contributed by atoms with Crippen LogP contribution in [0.2, 0.25) is 0 Å². The third-order valence-corrected chi connectivity index (χ3v) is 7.10. The molecule has 0 bridgehead atoms. The van der Waals surface area contributed by atoms with Crippen molar-refractivity contribution in [2.24, 2.45) is 0 Å². The fourth-order valence-corrected chi connectivity index (χ4v) is 4.92. The quantitative estimate of drug-likeness (QED) is 0.425. The lowest BCUT2D eigenvalue weighted by Gasteiger charge is -2.30. The molecule has 2 aliphatic heterocycles. The van der Waals surface area contributed by atoms with E-state index in [9.17, 15) is 9.90 Å². The van der Waals surface area contributed by atoms with Gasteiger partial charge in [0.15, 0.2) is 0 Å². The van der Waals surface area contributed by atoms with Crippen molar-refractivity contribution in [2.75, 3.05) is 46.6 Å². The number of phenolic OH excluding ortho intramolecular Hbond substituents is 1. The predicted octanol–water partition coefficient (Wildman–Crippen LogP) is 5.17. The zero-order valence-corrected chi connectivity index (χ0v) is 21.6. The van der Waals surface area contributed by atoms with Crippen molar-refractivity contribution in [3.63, 3.8) is 0 Å². The number of rotatable bonds is 6. The molecule has 2 saturated heterocycles. The largest absolute Gasteiger partial charge is 0.507 e. The number of phenols is 1. The number of amides is 1. The molecule has 0 atom stereocenters. The molecule has 9 nitrogen and oxygen atoms in total. The van der Waals surface area contributed by atoms with Crippen LogP contribution in [0.25, 0.3) is 0 Å². The Balaban J connectivity index is 1.36. The Kier molecular flexibility index (Phi) is 7.39. The van der Waals surface area contributed by atoms with Gasteiger partial charge in [0.05, 0.1) is 5.56 Å². The third kappa shape index (κ3) is 5.76. The van der Waals surface area contributed by atoms with Gasteiger partial charge in [-0.3, -0.25) is 4.79 Å². The lowest BCUT2D eigenvalue weighted by atomic mass is 10.1. The molecule has 3 heterocycles. The van der Waals surface area contributed by atoms with E-state index in [1.807, 2.05) is 25.1 Å². The number of aromatic nitrogens is 3. The summed E-state index contributed by atoms with van der Waals surface area (Å²) in [6.45, 7) is 7.56. The van der Waals surface area contributed by atoms with Gasteiger partial charge in [-0.2, -0.15) is 15.0 Å². The number of para-hydroxylation sites is 1. The van der Waals surface area contributed by atoms with Crippen LogP contribution < -0.4 is 20.4 Å². The van der Waals surface area contributed by atoms with Crippen LogP contribution in [0.1, 0.15) is 60.0 Å². The molecule has 3 aromatic rings. The molecule has 1 aromatic heterocycles. The van der Waals surface area contributed by atoms with Crippen LogP contribution in [0.3, 0.4) is 0 Å². The summed E-state index contributed by atoms with van der Waals surface area (Å²) in [4.78, 5) is 31.7. The van der Waals surface area contributed by atoms with E-state index in [2.05, 4.69) is 20.4 Å². The van der Waals surface area contributed by atoms with Gasteiger partial charge in [-0.1, -0.05) is 12.1 Å². The fourth-order valence-electron chi connectivity index (χ4n) is 4.92. The molecule has 9 heteroatoms. The van der Waals surface area contributed by atoms with Crippen molar-refractivity contribution in [2.45, 2.75) is 52.4 Å². The van der Waals surface area contributed by atoms with Crippen molar-refractivity contribution in [1.29, 1.82) is 0 Å². The highest BCUT2D eigenvalue weighted by atomic mass is 16.3. The van der Waals surface area contributed by atoms with Crippen molar-refractivity contribution >= 4 is 35.1 Å². The Morgan fingerprint density at radius 1 is 0.811 bits per heavy atom. The van der Waals surface area contributed by atoms with Gasteiger partial charge in [0.25, 0.3) is 5.91 Å². The van der Waals surface area contributed by atoms with Gasteiger partial charge in [-0.15, -0.1) is 0 Å². The van der Waals surface area contributed by atoms with Crippen LogP contribution >= 0.6 is 0 Å². The average molecular weight is 502 g/mol. The number of nitrogens with zero attached hydrogens (tertiary/aromatic N) is 5. The zero-order valence-electron chi connectivity index (χ0n) is 21.6. The second-order valence-corrected chi connectivity index (χ2v) is 9.93. The Bertz CT molecular complexity index is 1230.